The van der Waals surface area contributed by atoms with Crippen molar-refractivity contribution in [3.8, 4) is 0 Å². The van der Waals surface area contributed by atoms with Crippen LogP contribution >= 0.6 is 0 Å². The number of nitrogens with one attached hydrogen (secondary N) is 2. The van der Waals surface area contributed by atoms with Crippen molar-refractivity contribution in [3.63, 3.8) is 0 Å². The van der Waals surface area contributed by atoms with Gasteiger partial charge in [-0.3, -0.25) is 14.6 Å². The third kappa shape index (κ3) is 4.48. The molecule has 0 unspecified atom stereocenters. The number of rotatable bonds is 3. The van der Waals surface area contributed by atoms with Gasteiger partial charge in [-0.05, 0) is 43.2 Å². The zero-order valence-corrected chi connectivity index (χ0v) is 16.5. The van der Waals surface area contributed by atoms with Crippen molar-refractivity contribution >= 4 is 23.3 Å². The Bertz CT molecular complexity index is 976. The molecule has 10 heteroatoms. The number of hydrogen-bond donors (Lipinski definition) is 2. The number of hydroxylamine groups is 1. The highest BCUT2D eigenvalue weighted by atomic mass is 19.4. The van der Waals surface area contributed by atoms with Crippen molar-refractivity contribution in [1.82, 2.24) is 10.3 Å². The van der Waals surface area contributed by atoms with Gasteiger partial charge in [0.25, 0.3) is 5.91 Å². The van der Waals surface area contributed by atoms with Gasteiger partial charge in [0.1, 0.15) is 5.69 Å². The van der Waals surface area contributed by atoms with E-state index >= 15 is 0 Å². The number of benzene rings is 1. The van der Waals surface area contributed by atoms with E-state index in [1.54, 1.807) is 12.1 Å². The Balaban J connectivity index is 1.58. The van der Waals surface area contributed by atoms with E-state index in [0.29, 0.717) is 5.06 Å². The number of anilines is 2. The molecule has 1 spiro atoms. The Labute approximate surface area is 176 Å². The zero-order valence-electron chi connectivity index (χ0n) is 16.5. The van der Waals surface area contributed by atoms with Crippen LogP contribution in [-0.2, 0) is 11.0 Å². The summed E-state index contributed by atoms with van der Waals surface area (Å²) in [6.07, 6.45) is 1.03. The summed E-state index contributed by atoms with van der Waals surface area (Å²) in [7, 11) is 0. The average molecular weight is 434 g/mol. The van der Waals surface area contributed by atoms with Crippen LogP contribution in [0.5, 0.6) is 0 Å². The van der Waals surface area contributed by atoms with Gasteiger partial charge in [-0.25, -0.2) is 4.79 Å². The molecule has 3 amide bonds. The molecule has 2 N–H and O–H groups in total. The predicted molar refractivity (Wildman–Crippen MR) is 106 cm³/mol. The molecule has 164 valence electrons. The predicted octanol–water partition coefficient (Wildman–Crippen LogP) is 4.52. The van der Waals surface area contributed by atoms with Crippen LogP contribution in [0.1, 0.15) is 48.2 Å². The van der Waals surface area contributed by atoms with Crippen molar-refractivity contribution in [3.05, 3.63) is 53.9 Å². The van der Waals surface area contributed by atoms with Gasteiger partial charge in [0, 0.05) is 11.9 Å². The standard InChI is InChI=1S/C21H21F3N4O3/c22-21(23,24)15-12-14(26-18(29)16-6-2-5-11-25-16)7-8-17(15)28-19(30)27-20(13-31-28)9-3-1-4-10-20/h2,5-8,11-12H,1,3-4,9-10,13H2,(H,26,29)(H,27,30). The second kappa shape index (κ2) is 8.18. The molecule has 4 rings (SSSR count). The van der Waals surface area contributed by atoms with E-state index in [1.165, 1.54) is 18.3 Å². The molecule has 1 saturated carbocycles. The Morgan fingerprint density at radius 3 is 2.58 bits per heavy atom. The number of alkyl halides is 3. The number of amides is 3. The van der Waals surface area contributed by atoms with Gasteiger partial charge in [-0.2, -0.15) is 18.2 Å². The van der Waals surface area contributed by atoms with Crippen LogP contribution in [0.2, 0.25) is 0 Å². The molecule has 1 aromatic heterocycles. The molecule has 0 radical (unpaired) electrons. The summed E-state index contributed by atoms with van der Waals surface area (Å²) in [4.78, 5) is 34.3. The second-order valence-corrected chi connectivity index (χ2v) is 7.74. The fraction of sp³-hybridized carbons (Fsp3) is 0.381. The lowest BCUT2D eigenvalue weighted by atomic mass is 9.82. The smallest absolute Gasteiger partial charge is 0.328 e. The molecule has 2 aromatic rings. The van der Waals surface area contributed by atoms with E-state index in [-0.39, 0.29) is 18.0 Å². The molecule has 1 aliphatic heterocycles. The first-order chi connectivity index (χ1) is 14.8. The van der Waals surface area contributed by atoms with Crippen molar-refractivity contribution in [1.29, 1.82) is 0 Å². The summed E-state index contributed by atoms with van der Waals surface area (Å²) in [5.41, 5.74) is -2.07. The normalized spacial score (nSPS) is 18.5. The van der Waals surface area contributed by atoms with Crippen LogP contribution in [0.15, 0.2) is 42.6 Å². The Morgan fingerprint density at radius 1 is 1.16 bits per heavy atom. The van der Waals surface area contributed by atoms with Gasteiger partial charge in [-0.15, -0.1) is 0 Å². The van der Waals surface area contributed by atoms with E-state index < -0.39 is 34.9 Å². The van der Waals surface area contributed by atoms with E-state index in [2.05, 4.69) is 15.6 Å². The SMILES string of the molecule is O=C(Nc1ccc(N2OCC3(CCCCC3)NC2=O)c(C(F)(F)F)c1)c1ccccn1. The zero-order chi connectivity index (χ0) is 22.1. The molecule has 1 aliphatic carbocycles. The highest BCUT2D eigenvalue weighted by Gasteiger charge is 2.43. The number of aromatic nitrogens is 1. The van der Waals surface area contributed by atoms with Crippen LogP contribution in [0.25, 0.3) is 0 Å². The average Bonchev–Trinajstić information content (AvgIpc) is 2.75. The van der Waals surface area contributed by atoms with Gasteiger partial charge in [0.15, 0.2) is 0 Å². The third-order valence-corrected chi connectivity index (χ3v) is 5.51. The maximum Gasteiger partial charge on any atom is 0.418 e. The third-order valence-electron chi connectivity index (χ3n) is 5.51. The number of urea groups is 1. The quantitative estimate of drug-likeness (QED) is 0.744. The van der Waals surface area contributed by atoms with Gasteiger partial charge >= 0.3 is 12.2 Å². The Morgan fingerprint density at radius 2 is 1.94 bits per heavy atom. The monoisotopic (exact) mass is 434 g/mol. The minimum atomic E-state index is -4.77. The molecule has 2 fully saturated rings. The summed E-state index contributed by atoms with van der Waals surface area (Å²) in [5.74, 6) is -0.646. The maximum absolute atomic E-state index is 13.8. The molecule has 31 heavy (non-hydrogen) atoms. The maximum atomic E-state index is 13.8. The van der Waals surface area contributed by atoms with E-state index in [0.717, 1.165) is 44.2 Å². The van der Waals surface area contributed by atoms with E-state index in [4.69, 9.17) is 4.84 Å². The van der Waals surface area contributed by atoms with E-state index in [9.17, 15) is 22.8 Å². The Hall–Kier alpha value is -3.14. The van der Waals surface area contributed by atoms with Gasteiger partial charge in [0.2, 0.25) is 0 Å². The fourth-order valence-corrected chi connectivity index (χ4v) is 3.95. The minimum Gasteiger partial charge on any atom is -0.328 e. The number of carbonyl (C=O) groups is 2. The molecular formula is C21H21F3N4O3. The summed E-state index contributed by atoms with van der Waals surface area (Å²) >= 11 is 0. The van der Waals surface area contributed by atoms with Crippen molar-refractivity contribution in [2.45, 2.75) is 43.8 Å². The van der Waals surface area contributed by atoms with Gasteiger partial charge in [0.05, 0.1) is 23.4 Å². The fourth-order valence-electron chi connectivity index (χ4n) is 3.95. The van der Waals surface area contributed by atoms with Crippen molar-refractivity contribution < 1.29 is 27.6 Å². The molecule has 2 heterocycles. The van der Waals surface area contributed by atoms with Gasteiger partial charge in [-0.1, -0.05) is 25.3 Å². The summed E-state index contributed by atoms with van der Waals surface area (Å²) in [6.45, 7) is 0.105. The van der Waals surface area contributed by atoms with Crippen molar-refractivity contribution in [2.75, 3.05) is 17.0 Å². The van der Waals surface area contributed by atoms with Crippen LogP contribution in [-0.4, -0.2) is 29.1 Å². The molecule has 1 saturated heterocycles. The van der Waals surface area contributed by atoms with Crippen LogP contribution in [0.4, 0.5) is 29.3 Å². The first-order valence-electron chi connectivity index (χ1n) is 9.96. The number of hydrogen-bond acceptors (Lipinski definition) is 4. The lowest BCUT2D eigenvalue weighted by Crippen LogP contribution is -2.62. The molecule has 0 bridgehead atoms. The largest absolute Gasteiger partial charge is 0.418 e. The molecule has 1 aromatic carbocycles. The number of carbonyl (C=O) groups excluding carboxylic acids is 2. The summed E-state index contributed by atoms with van der Waals surface area (Å²) in [6, 6.07) is 7.09. The lowest BCUT2D eigenvalue weighted by Gasteiger charge is -2.44. The highest BCUT2D eigenvalue weighted by Crippen LogP contribution is 2.40. The molecule has 7 nitrogen and oxygen atoms in total. The van der Waals surface area contributed by atoms with E-state index in [1.807, 2.05) is 0 Å². The highest BCUT2D eigenvalue weighted by molar-refractivity contribution is 6.03. The van der Waals surface area contributed by atoms with Gasteiger partial charge < -0.3 is 10.6 Å². The summed E-state index contributed by atoms with van der Waals surface area (Å²) < 4.78 is 41.3. The Kier molecular flexibility index (Phi) is 5.57. The number of halogens is 3. The molecule has 2 aliphatic rings. The van der Waals surface area contributed by atoms with Crippen LogP contribution in [0.3, 0.4) is 0 Å². The first-order valence-corrected chi connectivity index (χ1v) is 9.96. The molecular weight excluding hydrogens is 413 g/mol. The summed E-state index contributed by atoms with van der Waals surface area (Å²) in [5, 5.41) is 5.89. The lowest BCUT2D eigenvalue weighted by molar-refractivity contribution is -0.137. The van der Waals surface area contributed by atoms with Crippen LogP contribution < -0.4 is 15.7 Å². The number of pyridine rings is 1. The van der Waals surface area contributed by atoms with Crippen LogP contribution in [0, 0.1) is 0 Å². The number of nitrogens with zero attached hydrogens (tertiary/aromatic N) is 2. The first kappa shape index (κ1) is 21.1. The minimum absolute atomic E-state index is 0.0663. The second-order valence-electron chi connectivity index (χ2n) is 7.74. The molecule has 0 atom stereocenters. The van der Waals surface area contributed by atoms with Crippen molar-refractivity contribution in [2.24, 2.45) is 0 Å². The topological polar surface area (TPSA) is 83.6 Å².